The highest BCUT2D eigenvalue weighted by Gasteiger charge is 2.21. The van der Waals surface area contributed by atoms with Crippen LogP contribution >= 0.6 is 0 Å². The van der Waals surface area contributed by atoms with Crippen LogP contribution in [0.1, 0.15) is 31.9 Å². The first-order valence-corrected chi connectivity index (χ1v) is 10.5. The molecule has 1 fully saturated rings. The summed E-state index contributed by atoms with van der Waals surface area (Å²) in [6.45, 7) is 13.8. The van der Waals surface area contributed by atoms with Gasteiger partial charge in [0.1, 0.15) is 0 Å². The zero-order valence-corrected chi connectivity index (χ0v) is 18.4. The summed E-state index contributed by atoms with van der Waals surface area (Å²) >= 11 is 0. The van der Waals surface area contributed by atoms with E-state index in [1.54, 1.807) is 0 Å². The van der Waals surface area contributed by atoms with Gasteiger partial charge in [-0.2, -0.15) is 0 Å². The molecular weight excluding hydrogens is 350 g/mol. The summed E-state index contributed by atoms with van der Waals surface area (Å²) in [5.41, 5.74) is 2.55. The van der Waals surface area contributed by atoms with Crippen molar-refractivity contribution in [2.75, 3.05) is 53.4 Å². The van der Waals surface area contributed by atoms with Gasteiger partial charge in [0.25, 0.3) is 0 Å². The van der Waals surface area contributed by atoms with Crippen LogP contribution in [0.4, 0.5) is 0 Å². The molecule has 1 aliphatic rings. The number of morpholine rings is 1. The summed E-state index contributed by atoms with van der Waals surface area (Å²) in [5.74, 6) is 1.54. The average Bonchev–Trinajstić information content (AvgIpc) is 2.63. The molecule has 6 heteroatoms. The van der Waals surface area contributed by atoms with Crippen LogP contribution in [0.15, 0.2) is 29.3 Å². The first-order chi connectivity index (χ1) is 13.5. The van der Waals surface area contributed by atoms with Crippen LogP contribution in [-0.2, 0) is 17.8 Å². The molecule has 0 radical (unpaired) electrons. The van der Waals surface area contributed by atoms with Crippen molar-refractivity contribution in [3.05, 3.63) is 35.4 Å². The second-order valence-corrected chi connectivity index (χ2v) is 8.28. The number of benzene rings is 1. The van der Waals surface area contributed by atoms with E-state index in [2.05, 4.69) is 79.6 Å². The summed E-state index contributed by atoms with van der Waals surface area (Å²) in [6.07, 6.45) is 0.208. The monoisotopic (exact) mass is 389 g/mol. The van der Waals surface area contributed by atoms with Gasteiger partial charge in [0, 0.05) is 39.3 Å². The molecule has 1 aromatic carbocycles. The van der Waals surface area contributed by atoms with Crippen molar-refractivity contribution in [2.24, 2.45) is 10.9 Å². The maximum atomic E-state index is 5.94. The van der Waals surface area contributed by atoms with Crippen molar-refractivity contribution in [1.29, 1.82) is 0 Å². The lowest BCUT2D eigenvalue weighted by Crippen LogP contribution is -2.50. The second kappa shape index (κ2) is 12.0. The van der Waals surface area contributed by atoms with Crippen LogP contribution in [0.2, 0.25) is 0 Å². The lowest BCUT2D eigenvalue weighted by Gasteiger charge is -2.34. The second-order valence-electron chi connectivity index (χ2n) is 8.28. The number of hydrogen-bond acceptors (Lipinski definition) is 4. The van der Waals surface area contributed by atoms with Crippen LogP contribution in [0.25, 0.3) is 0 Å². The van der Waals surface area contributed by atoms with Gasteiger partial charge in [-0.15, -0.1) is 0 Å². The third-order valence-electron chi connectivity index (χ3n) is 4.60. The maximum Gasteiger partial charge on any atom is 0.191 e. The van der Waals surface area contributed by atoms with E-state index in [1.807, 2.05) is 0 Å². The zero-order chi connectivity index (χ0) is 20.4. The van der Waals surface area contributed by atoms with Crippen molar-refractivity contribution >= 4 is 5.96 Å². The number of nitrogens with zero attached hydrogens (tertiary/aromatic N) is 3. The average molecular weight is 390 g/mol. The van der Waals surface area contributed by atoms with Crippen molar-refractivity contribution < 1.29 is 4.74 Å². The summed E-state index contributed by atoms with van der Waals surface area (Å²) in [6, 6.07) is 8.66. The normalized spacial score (nSPS) is 18.7. The standard InChI is InChI=1S/C22H39N5O/c1-6-23-22(24-13-19-8-7-9-20(12-19)16-26(4)5)25-14-21-17-27(10-11-28-21)15-18(2)3/h7-9,12,18,21H,6,10-11,13-17H2,1-5H3,(H2,23,24,25). The highest BCUT2D eigenvalue weighted by Crippen LogP contribution is 2.09. The predicted octanol–water partition coefficient (Wildman–Crippen LogP) is 2.16. The Kier molecular flexibility index (Phi) is 9.75. The van der Waals surface area contributed by atoms with Gasteiger partial charge in [-0.25, -0.2) is 4.99 Å². The Labute approximate surface area is 171 Å². The van der Waals surface area contributed by atoms with Crippen molar-refractivity contribution in [3.63, 3.8) is 0 Å². The number of nitrogens with one attached hydrogen (secondary N) is 2. The highest BCUT2D eigenvalue weighted by molar-refractivity contribution is 5.79. The predicted molar refractivity (Wildman–Crippen MR) is 118 cm³/mol. The van der Waals surface area contributed by atoms with Gasteiger partial charge in [-0.1, -0.05) is 38.1 Å². The molecule has 28 heavy (non-hydrogen) atoms. The lowest BCUT2D eigenvalue weighted by molar-refractivity contribution is -0.0284. The Balaban J connectivity index is 1.88. The number of hydrogen-bond donors (Lipinski definition) is 2. The Hall–Kier alpha value is -1.63. The highest BCUT2D eigenvalue weighted by atomic mass is 16.5. The molecule has 0 saturated carbocycles. The summed E-state index contributed by atoms with van der Waals surface area (Å²) in [5, 5.41) is 6.80. The number of ether oxygens (including phenoxy) is 1. The fraction of sp³-hybridized carbons (Fsp3) is 0.682. The topological polar surface area (TPSA) is 52.1 Å². The van der Waals surface area contributed by atoms with Gasteiger partial charge >= 0.3 is 0 Å². The molecule has 2 N–H and O–H groups in total. The third kappa shape index (κ3) is 8.59. The van der Waals surface area contributed by atoms with Gasteiger partial charge < -0.3 is 20.3 Å². The largest absolute Gasteiger partial charge is 0.374 e. The van der Waals surface area contributed by atoms with Gasteiger partial charge in [0.15, 0.2) is 5.96 Å². The van der Waals surface area contributed by atoms with E-state index in [1.165, 1.54) is 11.1 Å². The summed E-state index contributed by atoms with van der Waals surface area (Å²) in [7, 11) is 4.18. The molecule has 1 unspecified atom stereocenters. The smallest absolute Gasteiger partial charge is 0.191 e. The van der Waals surface area contributed by atoms with E-state index in [9.17, 15) is 0 Å². The molecule has 2 rings (SSSR count). The minimum atomic E-state index is 0.208. The Bertz CT molecular complexity index is 602. The lowest BCUT2D eigenvalue weighted by atomic mass is 10.1. The van der Waals surface area contributed by atoms with Crippen molar-refractivity contribution in [3.8, 4) is 0 Å². The quantitative estimate of drug-likeness (QED) is 0.501. The van der Waals surface area contributed by atoms with E-state index in [0.29, 0.717) is 12.5 Å². The van der Waals surface area contributed by atoms with Crippen molar-refractivity contribution in [2.45, 2.75) is 40.0 Å². The summed E-state index contributed by atoms with van der Waals surface area (Å²) in [4.78, 5) is 9.45. The molecule has 0 spiro atoms. The molecule has 1 heterocycles. The molecule has 1 saturated heterocycles. The molecule has 158 valence electrons. The van der Waals surface area contributed by atoms with E-state index in [-0.39, 0.29) is 6.10 Å². The molecule has 0 bridgehead atoms. The Morgan fingerprint density at radius 1 is 1.29 bits per heavy atom. The maximum absolute atomic E-state index is 5.94. The van der Waals surface area contributed by atoms with E-state index < -0.39 is 0 Å². The van der Waals surface area contributed by atoms with Crippen LogP contribution in [0, 0.1) is 5.92 Å². The fourth-order valence-corrected chi connectivity index (χ4v) is 3.50. The van der Waals surface area contributed by atoms with E-state index in [0.717, 1.165) is 51.8 Å². The SMILES string of the molecule is CCNC(=NCc1cccc(CN(C)C)c1)NCC1CN(CC(C)C)CCO1. The number of aliphatic imine (C=N–C) groups is 1. The molecule has 0 aliphatic carbocycles. The first-order valence-electron chi connectivity index (χ1n) is 10.5. The summed E-state index contributed by atoms with van der Waals surface area (Å²) < 4.78 is 5.94. The van der Waals surface area contributed by atoms with Gasteiger partial charge in [0.2, 0.25) is 0 Å². The van der Waals surface area contributed by atoms with Gasteiger partial charge in [0.05, 0.1) is 19.3 Å². The van der Waals surface area contributed by atoms with E-state index >= 15 is 0 Å². The van der Waals surface area contributed by atoms with E-state index in [4.69, 9.17) is 9.73 Å². The Morgan fingerprint density at radius 3 is 2.79 bits per heavy atom. The minimum Gasteiger partial charge on any atom is -0.374 e. The fourth-order valence-electron chi connectivity index (χ4n) is 3.50. The first kappa shape index (κ1) is 22.7. The third-order valence-corrected chi connectivity index (χ3v) is 4.60. The minimum absolute atomic E-state index is 0.208. The number of rotatable bonds is 9. The van der Waals surface area contributed by atoms with Crippen LogP contribution in [0.3, 0.4) is 0 Å². The van der Waals surface area contributed by atoms with Crippen LogP contribution < -0.4 is 10.6 Å². The van der Waals surface area contributed by atoms with Gasteiger partial charge in [-0.05, 0) is 38.1 Å². The van der Waals surface area contributed by atoms with Gasteiger partial charge in [-0.3, -0.25) is 4.90 Å². The molecule has 1 aliphatic heterocycles. The Morgan fingerprint density at radius 2 is 2.07 bits per heavy atom. The molecule has 6 nitrogen and oxygen atoms in total. The zero-order valence-electron chi connectivity index (χ0n) is 18.4. The van der Waals surface area contributed by atoms with Crippen LogP contribution in [-0.4, -0.2) is 75.3 Å². The molecule has 0 amide bonds. The van der Waals surface area contributed by atoms with Crippen LogP contribution in [0.5, 0.6) is 0 Å². The molecule has 0 aromatic heterocycles. The van der Waals surface area contributed by atoms with Crippen molar-refractivity contribution in [1.82, 2.24) is 20.4 Å². The molecule has 1 aromatic rings. The number of guanidine groups is 1. The molecular formula is C22H39N5O. The molecule has 1 atom stereocenters.